The van der Waals surface area contributed by atoms with Crippen LogP contribution in [0.2, 0.25) is 0 Å². The third-order valence-corrected chi connectivity index (χ3v) is 7.29. The Morgan fingerprint density at radius 1 is 1.19 bits per heavy atom. The number of carbonyl (C=O) groups is 1. The van der Waals surface area contributed by atoms with Crippen LogP contribution in [0.1, 0.15) is 38.2 Å². The molecule has 0 aliphatic carbocycles. The summed E-state index contributed by atoms with van der Waals surface area (Å²) in [7, 11) is -3.76. The maximum Gasteiger partial charge on any atom is 0.243 e. The number of para-hydroxylation sites is 1. The summed E-state index contributed by atoms with van der Waals surface area (Å²) in [4.78, 5) is 12.6. The third kappa shape index (κ3) is 5.83. The van der Waals surface area contributed by atoms with Crippen molar-refractivity contribution in [1.29, 1.82) is 0 Å². The number of hydrogen-bond acceptors (Lipinski definition) is 4. The van der Waals surface area contributed by atoms with Crippen LogP contribution in [-0.2, 0) is 14.8 Å². The number of carbonyl (C=O) groups excluding carboxylic acids is 1. The van der Waals surface area contributed by atoms with Crippen LogP contribution in [0.25, 0.3) is 0 Å². The molecule has 0 aromatic heterocycles. The van der Waals surface area contributed by atoms with Gasteiger partial charge < -0.3 is 10.1 Å². The Bertz CT molecular complexity index is 993. The lowest BCUT2D eigenvalue weighted by molar-refractivity contribution is -0.126. The molecule has 6 nitrogen and oxygen atoms in total. The van der Waals surface area contributed by atoms with Crippen molar-refractivity contribution in [2.75, 3.05) is 26.2 Å². The Labute approximate surface area is 183 Å². The molecule has 3 rings (SSSR count). The quantitative estimate of drug-likeness (QED) is 0.627. The summed E-state index contributed by atoms with van der Waals surface area (Å²) in [6, 6.07) is 12.6. The summed E-state index contributed by atoms with van der Waals surface area (Å²) in [5, 5.41) is 2.86. The van der Waals surface area contributed by atoms with E-state index in [9.17, 15) is 17.6 Å². The Morgan fingerprint density at radius 2 is 1.90 bits per heavy atom. The van der Waals surface area contributed by atoms with Crippen molar-refractivity contribution in [3.05, 3.63) is 59.9 Å². The van der Waals surface area contributed by atoms with Gasteiger partial charge >= 0.3 is 0 Å². The van der Waals surface area contributed by atoms with Crippen molar-refractivity contribution in [2.45, 2.75) is 37.5 Å². The molecule has 1 aliphatic heterocycles. The second-order valence-corrected chi connectivity index (χ2v) is 9.93. The largest absolute Gasteiger partial charge is 0.491 e. The fourth-order valence-corrected chi connectivity index (χ4v) is 5.22. The van der Waals surface area contributed by atoms with Gasteiger partial charge in [-0.2, -0.15) is 4.31 Å². The first-order valence-corrected chi connectivity index (χ1v) is 12.0. The number of benzene rings is 2. The van der Waals surface area contributed by atoms with E-state index in [1.54, 1.807) is 0 Å². The van der Waals surface area contributed by atoms with Gasteiger partial charge in [-0.15, -0.1) is 0 Å². The van der Waals surface area contributed by atoms with Crippen LogP contribution in [0.15, 0.2) is 53.4 Å². The SMILES string of the molecule is CC(C)c1ccccc1OCCNC(=O)[C@H]1CCCN(S(=O)(=O)c2ccc(F)cc2)C1. The molecular weight excluding hydrogens is 419 g/mol. The minimum Gasteiger partial charge on any atom is -0.491 e. The van der Waals surface area contributed by atoms with Gasteiger partial charge in [0, 0.05) is 13.1 Å². The standard InChI is InChI=1S/C23H29FN2O4S/c1-17(2)21-7-3-4-8-22(21)30-15-13-25-23(27)18-6-5-14-26(16-18)31(28,29)20-11-9-19(24)10-12-20/h3-4,7-12,17-18H,5-6,13-16H2,1-2H3,(H,25,27)/t18-/m0/s1. The molecule has 0 unspecified atom stereocenters. The molecule has 8 heteroatoms. The number of sulfonamides is 1. The Balaban J connectivity index is 1.52. The van der Waals surface area contributed by atoms with E-state index in [1.807, 2.05) is 24.3 Å². The normalized spacial score (nSPS) is 17.5. The van der Waals surface area contributed by atoms with Crippen LogP contribution in [-0.4, -0.2) is 44.9 Å². The fourth-order valence-electron chi connectivity index (χ4n) is 3.70. The highest BCUT2D eigenvalue weighted by Crippen LogP contribution is 2.26. The molecule has 1 N–H and O–H groups in total. The molecule has 1 fully saturated rings. The molecule has 1 atom stereocenters. The van der Waals surface area contributed by atoms with E-state index in [0.717, 1.165) is 23.4 Å². The smallest absolute Gasteiger partial charge is 0.243 e. The lowest BCUT2D eigenvalue weighted by Gasteiger charge is -2.31. The zero-order valence-corrected chi connectivity index (χ0v) is 18.7. The number of nitrogens with zero attached hydrogens (tertiary/aromatic N) is 1. The number of piperidine rings is 1. The number of ether oxygens (including phenoxy) is 1. The van der Waals surface area contributed by atoms with Crippen molar-refractivity contribution in [3.63, 3.8) is 0 Å². The summed E-state index contributed by atoms with van der Waals surface area (Å²) in [5.41, 5.74) is 1.11. The van der Waals surface area contributed by atoms with Crippen molar-refractivity contribution in [2.24, 2.45) is 5.92 Å². The average Bonchev–Trinajstić information content (AvgIpc) is 2.77. The predicted octanol–water partition coefficient (Wildman–Crippen LogP) is 3.55. The van der Waals surface area contributed by atoms with E-state index in [-0.39, 0.29) is 17.3 Å². The minimum atomic E-state index is -3.76. The Morgan fingerprint density at radius 3 is 2.61 bits per heavy atom. The van der Waals surface area contributed by atoms with Crippen molar-refractivity contribution < 1.29 is 22.3 Å². The number of rotatable bonds is 8. The van der Waals surface area contributed by atoms with Gasteiger partial charge in [-0.05, 0) is 54.7 Å². The topological polar surface area (TPSA) is 75.7 Å². The Hall–Kier alpha value is -2.45. The molecular formula is C23H29FN2O4S. The van der Waals surface area contributed by atoms with Gasteiger partial charge in [0.15, 0.2) is 0 Å². The van der Waals surface area contributed by atoms with Crippen LogP contribution in [0, 0.1) is 11.7 Å². The van der Waals surface area contributed by atoms with Gasteiger partial charge in [-0.1, -0.05) is 32.0 Å². The molecule has 1 heterocycles. The molecule has 31 heavy (non-hydrogen) atoms. The predicted molar refractivity (Wildman–Crippen MR) is 117 cm³/mol. The third-order valence-electron chi connectivity index (χ3n) is 5.41. The summed E-state index contributed by atoms with van der Waals surface area (Å²) in [5.74, 6) is 0.0443. The summed E-state index contributed by atoms with van der Waals surface area (Å²) >= 11 is 0. The van der Waals surface area contributed by atoms with E-state index in [1.165, 1.54) is 16.4 Å². The monoisotopic (exact) mass is 448 g/mol. The molecule has 0 spiro atoms. The van der Waals surface area contributed by atoms with E-state index in [4.69, 9.17) is 4.74 Å². The van der Waals surface area contributed by atoms with Gasteiger partial charge in [-0.25, -0.2) is 12.8 Å². The first kappa shape index (κ1) is 23.2. The van der Waals surface area contributed by atoms with E-state index >= 15 is 0 Å². The van der Waals surface area contributed by atoms with E-state index < -0.39 is 21.8 Å². The molecule has 0 bridgehead atoms. The van der Waals surface area contributed by atoms with Gasteiger partial charge in [-0.3, -0.25) is 4.79 Å². The number of halogens is 1. The highest BCUT2D eigenvalue weighted by Gasteiger charge is 2.33. The molecule has 168 valence electrons. The second kappa shape index (κ2) is 10.2. The van der Waals surface area contributed by atoms with Crippen molar-refractivity contribution in [1.82, 2.24) is 9.62 Å². The fraction of sp³-hybridized carbons (Fsp3) is 0.435. The lowest BCUT2D eigenvalue weighted by Crippen LogP contribution is -2.46. The van der Waals surface area contributed by atoms with Crippen LogP contribution >= 0.6 is 0 Å². The second-order valence-electron chi connectivity index (χ2n) is 7.99. The Kier molecular flexibility index (Phi) is 7.67. The molecule has 0 saturated carbocycles. The van der Waals surface area contributed by atoms with Crippen LogP contribution in [0.4, 0.5) is 4.39 Å². The van der Waals surface area contributed by atoms with Gasteiger partial charge in [0.2, 0.25) is 15.9 Å². The van der Waals surface area contributed by atoms with Crippen LogP contribution in [0.3, 0.4) is 0 Å². The van der Waals surface area contributed by atoms with Crippen molar-refractivity contribution >= 4 is 15.9 Å². The van der Waals surface area contributed by atoms with E-state index in [2.05, 4.69) is 19.2 Å². The molecule has 1 aliphatic rings. The van der Waals surface area contributed by atoms with Crippen LogP contribution < -0.4 is 10.1 Å². The van der Waals surface area contributed by atoms with Crippen molar-refractivity contribution in [3.8, 4) is 5.75 Å². The zero-order valence-electron chi connectivity index (χ0n) is 17.9. The van der Waals surface area contributed by atoms with Gasteiger partial charge in [0.1, 0.15) is 18.2 Å². The highest BCUT2D eigenvalue weighted by atomic mass is 32.2. The average molecular weight is 449 g/mol. The number of amides is 1. The van der Waals surface area contributed by atoms with E-state index in [0.29, 0.717) is 38.5 Å². The summed E-state index contributed by atoms with van der Waals surface area (Å²) in [6.45, 7) is 5.32. The lowest BCUT2D eigenvalue weighted by atomic mass is 9.99. The molecule has 1 amide bonds. The maximum atomic E-state index is 13.1. The zero-order chi connectivity index (χ0) is 22.4. The van der Waals surface area contributed by atoms with Gasteiger partial charge in [0.05, 0.1) is 17.4 Å². The molecule has 0 radical (unpaired) electrons. The molecule has 1 saturated heterocycles. The maximum absolute atomic E-state index is 13.1. The first-order chi connectivity index (χ1) is 14.8. The molecule has 2 aromatic rings. The summed E-state index contributed by atoms with van der Waals surface area (Å²) < 4.78 is 45.9. The first-order valence-electron chi connectivity index (χ1n) is 10.5. The summed E-state index contributed by atoms with van der Waals surface area (Å²) in [6.07, 6.45) is 1.22. The van der Waals surface area contributed by atoms with Gasteiger partial charge in [0.25, 0.3) is 0 Å². The number of hydrogen-bond donors (Lipinski definition) is 1. The molecule has 2 aromatic carbocycles. The van der Waals surface area contributed by atoms with Crippen LogP contribution in [0.5, 0.6) is 5.75 Å². The minimum absolute atomic E-state index is 0.0344. The number of nitrogens with one attached hydrogen (secondary N) is 1. The highest BCUT2D eigenvalue weighted by molar-refractivity contribution is 7.89.